The van der Waals surface area contributed by atoms with Crippen LogP contribution >= 0.6 is 11.6 Å². The van der Waals surface area contributed by atoms with E-state index in [1.165, 1.54) is 12.8 Å². The monoisotopic (exact) mass is 489 g/mol. The van der Waals surface area contributed by atoms with Gasteiger partial charge in [0.15, 0.2) is 0 Å². The smallest absolute Gasteiger partial charge is 0.271 e. The largest absolute Gasteiger partial charge is 0.351 e. The van der Waals surface area contributed by atoms with Gasteiger partial charge >= 0.3 is 0 Å². The van der Waals surface area contributed by atoms with Crippen LogP contribution in [0.2, 0.25) is 5.02 Å². The van der Waals surface area contributed by atoms with Crippen LogP contribution in [0.5, 0.6) is 0 Å². The molecule has 1 atom stereocenters. The van der Waals surface area contributed by atoms with Gasteiger partial charge in [0.2, 0.25) is 5.91 Å². The Bertz CT molecular complexity index is 1210. The molecule has 0 radical (unpaired) electrons. The lowest BCUT2D eigenvalue weighted by Gasteiger charge is -2.45. The molecule has 0 bridgehead atoms. The number of carbonyl (C=O) groups is 2. The molecule has 1 N–H and O–H groups in total. The molecule has 1 fully saturated rings. The summed E-state index contributed by atoms with van der Waals surface area (Å²) >= 11 is 6.48. The first-order chi connectivity index (χ1) is 17.0. The zero-order chi connectivity index (χ0) is 24.4. The van der Waals surface area contributed by atoms with Gasteiger partial charge in [0, 0.05) is 23.3 Å². The molecular formula is C29H32ClN3O2. The van der Waals surface area contributed by atoms with E-state index in [4.69, 9.17) is 11.6 Å². The Hall–Kier alpha value is -3.05. The summed E-state index contributed by atoms with van der Waals surface area (Å²) < 4.78 is 2.01. The molecular weight excluding hydrogens is 458 g/mol. The van der Waals surface area contributed by atoms with Crippen LogP contribution in [0.3, 0.4) is 0 Å². The fraction of sp³-hybridized carbons (Fsp3) is 0.379. The second-order valence-electron chi connectivity index (χ2n) is 9.97. The Morgan fingerprint density at radius 3 is 2.31 bits per heavy atom. The van der Waals surface area contributed by atoms with E-state index in [-0.39, 0.29) is 24.4 Å². The van der Waals surface area contributed by atoms with E-state index >= 15 is 0 Å². The number of benzene rings is 2. The molecule has 2 aliphatic rings. The Balaban J connectivity index is 1.54. The molecule has 3 aromatic rings. The number of nitrogens with zero attached hydrogens (tertiary/aromatic N) is 2. The number of halogens is 1. The second-order valence-corrected chi connectivity index (χ2v) is 10.4. The maximum Gasteiger partial charge on any atom is 0.271 e. The van der Waals surface area contributed by atoms with Crippen molar-refractivity contribution >= 4 is 23.4 Å². The van der Waals surface area contributed by atoms with Crippen LogP contribution in [0, 0.1) is 0 Å². The van der Waals surface area contributed by atoms with Gasteiger partial charge in [-0.25, -0.2) is 0 Å². The minimum Gasteiger partial charge on any atom is -0.351 e. The normalized spacial score (nSPS) is 20.9. The van der Waals surface area contributed by atoms with Crippen LogP contribution in [0.4, 0.5) is 0 Å². The van der Waals surface area contributed by atoms with Gasteiger partial charge in [-0.15, -0.1) is 0 Å². The number of rotatable bonds is 5. The number of nitrogens with one attached hydrogen (secondary N) is 1. The fourth-order valence-electron chi connectivity index (χ4n) is 5.44. The predicted octanol–water partition coefficient (Wildman–Crippen LogP) is 6.06. The highest BCUT2D eigenvalue weighted by Crippen LogP contribution is 2.35. The first-order valence-corrected chi connectivity index (χ1v) is 13.0. The number of amides is 2. The van der Waals surface area contributed by atoms with E-state index in [9.17, 15) is 9.59 Å². The topological polar surface area (TPSA) is 54.3 Å². The van der Waals surface area contributed by atoms with Crippen molar-refractivity contribution in [3.63, 3.8) is 0 Å². The summed E-state index contributed by atoms with van der Waals surface area (Å²) in [7, 11) is 0. The highest BCUT2D eigenvalue weighted by molar-refractivity contribution is 6.31. The van der Waals surface area contributed by atoms with Gasteiger partial charge in [0.25, 0.3) is 5.91 Å². The summed E-state index contributed by atoms with van der Waals surface area (Å²) in [4.78, 5) is 29.6. The average molecular weight is 490 g/mol. The molecule has 2 amide bonds. The minimum absolute atomic E-state index is 0.0943. The molecule has 35 heavy (non-hydrogen) atoms. The maximum atomic E-state index is 14.0. The molecule has 0 spiro atoms. The number of hydrogen-bond donors (Lipinski definition) is 1. The number of carbonyl (C=O) groups excluding carboxylic acids is 2. The van der Waals surface area contributed by atoms with Crippen LogP contribution in [0.15, 0.2) is 66.7 Å². The van der Waals surface area contributed by atoms with Crippen LogP contribution in [0.25, 0.3) is 11.3 Å². The molecule has 182 valence electrons. The molecule has 6 heteroatoms. The lowest BCUT2D eigenvalue weighted by molar-refractivity contribution is -0.134. The van der Waals surface area contributed by atoms with Gasteiger partial charge in [-0.05, 0) is 49.1 Å². The van der Waals surface area contributed by atoms with Crippen molar-refractivity contribution in [3.05, 3.63) is 83.0 Å². The summed E-state index contributed by atoms with van der Waals surface area (Å²) in [6.07, 6.45) is 6.67. The first-order valence-electron chi connectivity index (χ1n) is 12.6. The van der Waals surface area contributed by atoms with E-state index in [1.54, 1.807) is 4.90 Å². The van der Waals surface area contributed by atoms with E-state index in [0.29, 0.717) is 17.3 Å². The standard InChI is InChI=1S/C29H32ClN3O2/c1-29(28(35)31-23-14-7-2-3-8-15-23)20-32-25(21-11-5-4-6-12-21)17-18-26(32)27(34)33(29)19-22-13-9-10-16-24(22)30/h4-6,9-13,16-18,23H,2-3,7-8,14-15,19-20H2,1H3,(H,31,35). The predicted molar refractivity (Wildman–Crippen MR) is 139 cm³/mol. The SMILES string of the molecule is CC1(C(=O)NC2CCCCCC2)Cn2c(ccc2-c2ccccc2)C(=O)N1Cc1ccccc1Cl. The van der Waals surface area contributed by atoms with Crippen molar-refractivity contribution in [3.8, 4) is 11.3 Å². The minimum atomic E-state index is -1.06. The van der Waals surface area contributed by atoms with Crippen LogP contribution in [-0.4, -0.2) is 32.9 Å². The van der Waals surface area contributed by atoms with Crippen molar-refractivity contribution in [1.82, 2.24) is 14.8 Å². The van der Waals surface area contributed by atoms with Gasteiger partial charge in [-0.1, -0.05) is 85.8 Å². The first kappa shape index (κ1) is 23.7. The zero-order valence-electron chi connectivity index (χ0n) is 20.2. The molecule has 1 aliphatic carbocycles. The third-order valence-corrected chi connectivity index (χ3v) is 7.91. The molecule has 2 aromatic carbocycles. The highest BCUT2D eigenvalue weighted by atomic mass is 35.5. The van der Waals surface area contributed by atoms with Gasteiger partial charge in [0.1, 0.15) is 11.2 Å². The van der Waals surface area contributed by atoms with E-state index in [0.717, 1.165) is 42.5 Å². The van der Waals surface area contributed by atoms with Gasteiger partial charge in [0.05, 0.1) is 6.54 Å². The van der Waals surface area contributed by atoms with Crippen molar-refractivity contribution in [1.29, 1.82) is 0 Å². The van der Waals surface area contributed by atoms with E-state index < -0.39 is 5.54 Å². The molecule has 2 heterocycles. The molecule has 1 aromatic heterocycles. The summed E-state index contributed by atoms with van der Waals surface area (Å²) in [6.45, 7) is 2.55. The van der Waals surface area contributed by atoms with Crippen molar-refractivity contribution < 1.29 is 9.59 Å². The molecule has 5 rings (SSSR count). The highest BCUT2D eigenvalue weighted by Gasteiger charge is 2.48. The summed E-state index contributed by atoms with van der Waals surface area (Å²) in [5, 5.41) is 3.92. The maximum absolute atomic E-state index is 14.0. The number of aromatic nitrogens is 1. The Morgan fingerprint density at radius 2 is 1.60 bits per heavy atom. The summed E-state index contributed by atoms with van der Waals surface area (Å²) in [6, 6.07) is 21.5. The third kappa shape index (κ3) is 4.62. The van der Waals surface area contributed by atoms with E-state index in [1.807, 2.05) is 78.2 Å². The number of fused-ring (bicyclic) bond motifs is 1. The molecule has 1 saturated carbocycles. The van der Waals surface area contributed by atoms with Crippen LogP contribution in [0.1, 0.15) is 61.5 Å². The Morgan fingerprint density at radius 1 is 0.943 bits per heavy atom. The average Bonchev–Trinajstić information content (AvgIpc) is 3.11. The molecule has 5 nitrogen and oxygen atoms in total. The zero-order valence-corrected chi connectivity index (χ0v) is 20.9. The number of hydrogen-bond acceptors (Lipinski definition) is 2. The summed E-state index contributed by atoms with van der Waals surface area (Å²) in [5.41, 5.74) is 2.34. The Kier molecular flexibility index (Phi) is 6.70. The molecule has 0 saturated heterocycles. The van der Waals surface area contributed by atoms with Crippen LogP contribution < -0.4 is 5.32 Å². The van der Waals surface area contributed by atoms with Crippen molar-refractivity contribution in [2.24, 2.45) is 0 Å². The fourth-order valence-corrected chi connectivity index (χ4v) is 5.64. The quantitative estimate of drug-likeness (QED) is 0.443. The lowest BCUT2D eigenvalue weighted by atomic mass is 9.92. The van der Waals surface area contributed by atoms with Gasteiger partial charge in [-0.3, -0.25) is 9.59 Å². The van der Waals surface area contributed by atoms with Crippen molar-refractivity contribution in [2.75, 3.05) is 0 Å². The van der Waals surface area contributed by atoms with Crippen LogP contribution in [-0.2, 0) is 17.9 Å². The van der Waals surface area contributed by atoms with Gasteiger partial charge < -0.3 is 14.8 Å². The summed E-state index contributed by atoms with van der Waals surface area (Å²) in [5.74, 6) is -0.250. The van der Waals surface area contributed by atoms with Crippen molar-refractivity contribution in [2.45, 2.75) is 70.1 Å². The second kappa shape index (κ2) is 9.90. The third-order valence-electron chi connectivity index (χ3n) is 7.54. The lowest BCUT2D eigenvalue weighted by Crippen LogP contribution is -2.64. The molecule has 1 unspecified atom stereocenters. The van der Waals surface area contributed by atoms with Gasteiger partial charge in [-0.2, -0.15) is 0 Å². The Labute approximate surface area is 212 Å². The van der Waals surface area contributed by atoms with E-state index in [2.05, 4.69) is 5.32 Å². The molecule has 1 aliphatic heterocycles.